The Morgan fingerprint density at radius 1 is 1.21 bits per heavy atom. The highest BCUT2D eigenvalue weighted by atomic mass is 32.2. The number of carbonyl (C=O) groups excluding carboxylic acids is 1. The predicted octanol–water partition coefficient (Wildman–Crippen LogP) is 2.42. The number of benzene rings is 1. The number of hydrogen-bond acceptors (Lipinski definition) is 5. The molecule has 1 N–H and O–H groups in total. The summed E-state index contributed by atoms with van der Waals surface area (Å²) < 4.78 is 29.5. The van der Waals surface area contributed by atoms with Gasteiger partial charge >= 0.3 is 0 Å². The lowest BCUT2D eigenvalue weighted by molar-refractivity contribution is -0.118. The Morgan fingerprint density at radius 3 is 2.61 bits per heavy atom. The number of hydrogen-bond donors (Lipinski definition) is 1. The van der Waals surface area contributed by atoms with Crippen LogP contribution in [-0.2, 0) is 21.2 Å². The molecule has 7 nitrogen and oxygen atoms in total. The summed E-state index contributed by atoms with van der Waals surface area (Å²) in [5.41, 5.74) is 0.653. The number of rotatable bonds is 9. The topological polar surface area (TPSA) is 94.5 Å². The van der Waals surface area contributed by atoms with Crippen molar-refractivity contribution in [3.63, 3.8) is 0 Å². The maximum Gasteiger partial charge on any atom is 0.274 e. The number of aryl methyl sites for hydroxylation is 1. The molecule has 1 aromatic heterocycles. The quantitative estimate of drug-likeness (QED) is 0.690. The number of para-hydroxylation sites is 1. The first-order valence-electron chi connectivity index (χ1n) is 9.10. The molecule has 2 aromatic rings. The first-order valence-corrected chi connectivity index (χ1v) is 11.2. The third-order valence-corrected chi connectivity index (χ3v) is 5.34. The van der Waals surface area contributed by atoms with E-state index in [1.807, 2.05) is 24.3 Å². The predicted molar refractivity (Wildman–Crippen MR) is 110 cm³/mol. The molecule has 152 valence electrons. The fourth-order valence-corrected chi connectivity index (χ4v) is 3.17. The zero-order chi connectivity index (χ0) is 20.7. The number of ether oxygens (including phenoxy) is 1. The van der Waals surface area contributed by atoms with E-state index >= 15 is 0 Å². The molecule has 2 rings (SSSR count). The molecule has 0 aliphatic heterocycles. The Labute approximate surface area is 165 Å². The van der Waals surface area contributed by atoms with Crippen molar-refractivity contribution in [3.05, 3.63) is 58.5 Å². The summed E-state index contributed by atoms with van der Waals surface area (Å²) >= 11 is 0. The summed E-state index contributed by atoms with van der Waals surface area (Å²) in [6, 6.07) is 10.6. The van der Waals surface area contributed by atoms with Crippen molar-refractivity contribution in [1.82, 2.24) is 4.57 Å². The number of anilines is 1. The van der Waals surface area contributed by atoms with E-state index in [1.165, 1.54) is 16.8 Å². The molecule has 28 heavy (non-hydrogen) atoms. The minimum Gasteiger partial charge on any atom is -0.483 e. The van der Waals surface area contributed by atoms with Gasteiger partial charge in [-0.05, 0) is 36.1 Å². The van der Waals surface area contributed by atoms with Crippen LogP contribution < -0.4 is 15.6 Å². The highest BCUT2D eigenvalue weighted by Gasteiger charge is 2.13. The van der Waals surface area contributed by atoms with Gasteiger partial charge in [-0.15, -0.1) is 0 Å². The summed E-state index contributed by atoms with van der Waals surface area (Å²) in [6.45, 7) is 3.97. The van der Waals surface area contributed by atoms with Gasteiger partial charge in [0.05, 0.1) is 5.75 Å². The van der Waals surface area contributed by atoms with Crippen molar-refractivity contribution in [2.45, 2.75) is 32.7 Å². The van der Waals surface area contributed by atoms with E-state index in [4.69, 9.17) is 4.74 Å². The molecule has 1 amide bonds. The van der Waals surface area contributed by atoms with E-state index in [1.54, 1.807) is 6.07 Å². The zero-order valence-electron chi connectivity index (χ0n) is 16.3. The van der Waals surface area contributed by atoms with Gasteiger partial charge in [0.15, 0.2) is 6.61 Å². The van der Waals surface area contributed by atoms with E-state index in [0.29, 0.717) is 11.7 Å². The third kappa shape index (κ3) is 6.23. The number of pyridine rings is 1. The molecule has 1 heterocycles. The summed E-state index contributed by atoms with van der Waals surface area (Å²) in [5.74, 6) is 0.331. The third-order valence-electron chi connectivity index (χ3n) is 4.42. The lowest BCUT2D eigenvalue weighted by Gasteiger charge is -2.15. The van der Waals surface area contributed by atoms with Crippen LogP contribution in [0.3, 0.4) is 0 Å². The van der Waals surface area contributed by atoms with Crippen LogP contribution in [0.5, 0.6) is 5.75 Å². The Hall–Kier alpha value is -2.61. The number of amides is 1. The Balaban J connectivity index is 2.04. The van der Waals surface area contributed by atoms with Crippen molar-refractivity contribution in [2.75, 3.05) is 23.9 Å². The maximum atomic E-state index is 12.4. The average molecular weight is 407 g/mol. The van der Waals surface area contributed by atoms with Gasteiger partial charge < -0.3 is 14.6 Å². The molecule has 0 radical (unpaired) electrons. The molecule has 1 atom stereocenters. The summed E-state index contributed by atoms with van der Waals surface area (Å²) in [7, 11) is -3.19. The Morgan fingerprint density at radius 2 is 1.93 bits per heavy atom. The highest BCUT2D eigenvalue weighted by Crippen LogP contribution is 2.28. The molecule has 0 aliphatic rings. The number of nitrogens with zero attached hydrogens (tertiary/aromatic N) is 1. The van der Waals surface area contributed by atoms with Crippen LogP contribution in [0.2, 0.25) is 0 Å². The van der Waals surface area contributed by atoms with Gasteiger partial charge in [0.25, 0.3) is 11.5 Å². The number of carbonyl (C=O) groups is 1. The maximum absolute atomic E-state index is 12.4. The van der Waals surface area contributed by atoms with Gasteiger partial charge in [0, 0.05) is 19.0 Å². The van der Waals surface area contributed by atoms with E-state index in [9.17, 15) is 18.0 Å². The van der Waals surface area contributed by atoms with Gasteiger partial charge in [0.2, 0.25) is 0 Å². The average Bonchev–Trinajstić information content (AvgIpc) is 2.66. The second kappa shape index (κ2) is 9.54. The van der Waals surface area contributed by atoms with Crippen LogP contribution >= 0.6 is 0 Å². The molecule has 0 fully saturated rings. The van der Waals surface area contributed by atoms with Crippen molar-refractivity contribution in [1.29, 1.82) is 0 Å². The Kier molecular flexibility index (Phi) is 7.39. The Bertz CT molecular complexity index is 982. The second-order valence-corrected chi connectivity index (χ2v) is 8.99. The van der Waals surface area contributed by atoms with E-state index in [-0.39, 0.29) is 24.6 Å². The van der Waals surface area contributed by atoms with Crippen molar-refractivity contribution in [3.8, 4) is 5.75 Å². The van der Waals surface area contributed by atoms with Crippen LogP contribution in [0.1, 0.15) is 31.7 Å². The van der Waals surface area contributed by atoms with Crippen LogP contribution in [0.25, 0.3) is 0 Å². The number of aromatic nitrogens is 1. The van der Waals surface area contributed by atoms with Gasteiger partial charge in [0.1, 0.15) is 21.3 Å². The van der Waals surface area contributed by atoms with E-state index in [2.05, 4.69) is 19.2 Å². The standard InChI is InChI=1S/C20H26N2O5S/c1-4-15(2)16-8-5-6-10-18(16)27-14-19(23)21-17-9-7-11-22(20(17)24)12-13-28(3,25)26/h5-11,15H,4,12-14H2,1-3H3,(H,21,23). The van der Waals surface area contributed by atoms with Crippen LogP contribution in [0, 0.1) is 0 Å². The SMILES string of the molecule is CCC(C)c1ccccc1OCC(=O)Nc1cccn(CCS(C)(=O)=O)c1=O. The number of sulfone groups is 1. The molecule has 0 saturated carbocycles. The minimum absolute atomic E-state index is 0.0279. The fourth-order valence-electron chi connectivity index (χ4n) is 2.64. The normalized spacial score (nSPS) is 12.4. The number of nitrogens with one attached hydrogen (secondary N) is 1. The van der Waals surface area contributed by atoms with E-state index in [0.717, 1.165) is 18.2 Å². The van der Waals surface area contributed by atoms with Crippen molar-refractivity contribution in [2.24, 2.45) is 0 Å². The highest BCUT2D eigenvalue weighted by molar-refractivity contribution is 7.90. The van der Waals surface area contributed by atoms with Crippen molar-refractivity contribution >= 4 is 21.4 Å². The summed E-state index contributed by atoms with van der Waals surface area (Å²) in [6.07, 6.45) is 3.55. The van der Waals surface area contributed by atoms with Crippen LogP contribution in [-0.4, -0.2) is 37.5 Å². The van der Waals surface area contributed by atoms with Crippen LogP contribution in [0.15, 0.2) is 47.4 Å². The molecule has 0 aliphatic carbocycles. The first kappa shape index (κ1) is 21.7. The van der Waals surface area contributed by atoms with E-state index < -0.39 is 21.3 Å². The smallest absolute Gasteiger partial charge is 0.274 e. The van der Waals surface area contributed by atoms with Gasteiger partial charge in [-0.3, -0.25) is 9.59 Å². The molecule has 0 spiro atoms. The minimum atomic E-state index is -3.19. The molecule has 8 heteroatoms. The monoisotopic (exact) mass is 406 g/mol. The van der Waals surface area contributed by atoms with Gasteiger partial charge in [-0.25, -0.2) is 8.42 Å². The van der Waals surface area contributed by atoms with Crippen LogP contribution in [0.4, 0.5) is 5.69 Å². The lowest BCUT2D eigenvalue weighted by atomic mass is 9.98. The largest absolute Gasteiger partial charge is 0.483 e. The first-order chi connectivity index (χ1) is 13.2. The molecule has 1 unspecified atom stereocenters. The molecule has 0 saturated heterocycles. The molecule has 1 aromatic carbocycles. The summed E-state index contributed by atoms with van der Waals surface area (Å²) in [5, 5.41) is 2.53. The lowest BCUT2D eigenvalue weighted by Crippen LogP contribution is -2.29. The molecule has 0 bridgehead atoms. The second-order valence-electron chi connectivity index (χ2n) is 6.73. The van der Waals surface area contributed by atoms with Crippen molar-refractivity contribution < 1.29 is 17.9 Å². The summed E-state index contributed by atoms with van der Waals surface area (Å²) in [4.78, 5) is 24.6. The molecular formula is C20H26N2O5S. The van der Waals surface area contributed by atoms with Gasteiger partial charge in [-0.2, -0.15) is 0 Å². The zero-order valence-corrected chi connectivity index (χ0v) is 17.2. The molecular weight excluding hydrogens is 380 g/mol. The van der Waals surface area contributed by atoms with Gasteiger partial charge in [-0.1, -0.05) is 32.0 Å². The fraction of sp³-hybridized carbons (Fsp3) is 0.400.